The summed E-state index contributed by atoms with van der Waals surface area (Å²) in [5.41, 5.74) is 4.44. The molecule has 1 amide bonds. The summed E-state index contributed by atoms with van der Waals surface area (Å²) < 4.78 is 14.6. The molecule has 3 heterocycles. The zero-order chi connectivity index (χ0) is 17.8. The van der Waals surface area contributed by atoms with Gasteiger partial charge in [0.2, 0.25) is 5.91 Å². The van der Waals surface area contributed by atoms with Gasteiger partial charge in [-0.05, 0) is 31.0 Å². The van der Waals surface area contributed by atoms with Gasteiger partial charge in [-0.2, -0.15) is 5.10 Å². The number of aryl methyl sites for hydroxylation is 1. The molecule has 5 rings (SSSR count). The lowest BCUT2D eigenvalue weighted by Crippen LogP contribution is -2.15. The monoisotopic (exact) mass is 350 g/mol. The summed E-state index contributed by atoms with van der Waals surface area (Å²) in [6.07, 6.45) is 2.83. The number of amides is 1. The van der Waals surface area contributed by atoms with Crippen molar-refractivity contribution in [3.63, 3.8) is 0 Å². The van der Waals surface area contributed by atoms with Gasteiger partial charge in [0.15, 0.2) is 11.5 Å². The quantitative estimate of drug-likeness (QED) is 0.595. The molecular weight excluding hydrogens is 335 g/mol. The van der Waals surface area contributed by atoms with E-state index in [0.717, 1.165) is 27.7 Å². The highest BCUT2D eigenvalue weighted by atomic mass is 19.1. The molecule has 0 aliphatic heterocycles. The first-order valence-corrected chi connectivity index (χ1v) is 8.34. The number of nitrogens with one attached hydrogen (secondary N) is 2. The van der Waals surface area contributed by atoms with E-state index in [4.69, 9.17) is 0 Å². The second kappa shape index (κ2) is 5.35. The lowest BCUT2D eigenvalue weighted by molar-refractivity contribution is -0.117. The summed E-state index contributed by atoms with van der Waals surface area (Å²) in [6, 6.07) is 7.57. The number of nitrogens with zero attached hydrogens (tertiary/aromatic N) is 4. The molecule has 7 nitrogen and oxygen atoms in total. The number of aromatic nitrogens is 5. The number of aromatic amines is 1. The fourth-order valence-electron chi connectivity index (χ4n) is 3.20. The van der Waals surface area contributed by atoms with Crippen molar-refractivity contribution in [2.24, 2.45) is 5.92 Å². The normalized spacial score (nSPS) is 19.2. The molecule has 0 spiro atoms. The molecular formula is C18H15FN6O. The van der Waals surface area contributed by atoms with E-state index in [9.17, 15) is 9.18 Å². The van der Waals surface area contributed by atoms with Crippen molar-refractivity contribution in [2.45, 2.75) is 19.5 Å². The molecule has 0 bridgehead atoms. The van der Waals surface area contributed by atoms with Gasteiger partial charge in [-0.15, -0.1) is 5.10 Å². The fraction of sp³-hybridized carbons (Fsp3) is 0.222. The Morgan fingerprint density at radius 2 is 2.23 bits per heavy atom. The molecule has 0 saturated heterocycles. The Morgan fingerprint density at radius 1 is 1.38 bits per heavy atom. The molecule has 130 valence electrons. The second-order valence-corrected chi connectivity index (χ2v) is 6.58. The van der Waals surface area contributed by atoms with Crippen molar-refractivity contribution >= 4 is 28.3 Å². The van der Waals surface area contributed by atoms with Crippen molar-refractivity contribution in [1.82, 2.24) is 24.8 Å². The van der Waals surface area contributed by atoms with E-state index in [1.165, 1.54) is 0 Å². The number of fused-ring (bicyclic) bond motifs is 2. The average molecular weight is 350 g/mol. The van der Waals surface area contributed by atoms with E-state index >= 15 is 0 Å². The Kier molecular flexibility index (Phi) is 3.09. The van der Waals surface area contributed by atoms with Crippen LogP contribution in [0.5, 0.6) is 0 Å². The molecule has 1 aliphatic carbocycles. The van der Waals surface area contributed by atoms with Crippen LogP contribution < -0.4 is 5.32 Å². The maximum absolute atomic E-state index is 13.0. The molecule has 26 heavy (non-hydrogen) atoms. The molecule has 0 radical (unpaired) electrons. The van der Waals surface area contributed by atoms with Gasteiger partial charge in [0.25, 0.3) is 0 Å². The zero-order valence-electron chi connectivity index (χ0n) is 13.9. The SMILES string of the molecule is Cc1ccc2[nH]ncc2c1-c1ccn2nc(NC(=O)C3CC3F)cc2n1. The molecule has 2 atom stereocenters. The van der Waals surface area contributed by atoms with Gasteiger partial charge in [0.05, 0.1) is 23.3 Å². The Bertz CT molecular complexity index is 1160. The van der Waals surface area contributed by atoms with Crippen LogP contribution in [0.4, 0.5) is 10.2 Å². The van der Waals surface area contributed by atoms with Crippen LogP contribution in [0.3, 0.4) is 0 Å². The third-order valence-electron chi connectivity index (χ3n) is 4.71. The molecule has 1 aliphatic rings. The highest BCUT2D eigenvalue weighted by Gasteiger charge is 2.43. The van der Waals surface area contributed by atoms with Crippen molar-refractivity contribution in [1.29, 1.82) is 0 Å². The van der Waals surface area contributed by atoms with Gasteiger partial charge in [-0.1, -0.05) is 6.07 Å². The fourth-order valence-corrected chi connectivity index (χ4v) is 3.20. The van der Waals surface area contributed by atoms with Crippen LogP contribution in [0, 0.1) is 12.8 Å². The Morgan fingerprint density at radius 3 is 3.04 bits per heavy atom. The first-order valence-electron chi connectivity index (χ1n) is 8.34. The number of anilines is 1. The molecule has 1 saturated carbocycles. The highest BCUT2D eigenvalue weighted by molar-refractivity contribution is 5.96. The summed E-state index contributed by atoms with van der Waals surface area (Å²) in [4.78, 5) is 16.6. The first kappa shape index (κ1) is 15.0. The Balaban J connectivity index is 1.54. The van der Waals surface area contributed by atoms with Crippen LogP contribution in [0.2, 0.25) is 0 Å². The summed E-state index contributed by atoms with van der Waals surface area (Å²) in [7, 11) is 0. The number of carbonyl (C=O) groups is 1. The Hall–Kier alpha value is -3.29. The summed E-state index contributed by atoms with van der Waals surface area (Å²) in [5, 5.41) is 15.0. The standard InChI is InChI=1S/C18H15FN6O/c1-9-2-3-13-11(8-20-23-13)17(9)14-4-5-25-16(21-14)7-15(24-25)22-18(26)10-6-12(10)19/h2-5,7-8,10,12H,6H2,1H3,(H,20,23)(H,22,24,26). The highest BCUT2D eigenvalue weighted by Crippen LogP contribution is 2.35. The van der Waals surface area contributed by atoms with Crippen LogP contribution in [0.25, 0.3) is 27.8 Å². The number of halogens is 1. The van der Waals surface area contributed by atoms with E-state index < -0.39 is 12.1 Å². The minimum Gasteiger partial charge on any atom is -0.309 e. The number of H-pyrrole nitrogens is 1. The van der Waals surface area contributed by atoms with E-state index in [-0.39, 0.29) is 12.3 Å². The first-order chi connectivity index (χ1) is 12.6. The maximum Gasteiger partial charge on any atom is 0.231 e. The minimum absolute atomic E-state index is 0.287. The smallest absolute Gasteiger partial charge is 0.231 e. The molecule has 1 fully saturated rings. The van der Waals surface area contributed by atoms with Crippen molar-refractivity contribution in [3.05, 3.63) is 42.2 Å². The van der Waals surface area contributed by atoms with Gasteiger partial charge in [0.1, 0.15) is 6.17 Å². The number of benzene rings is 1. The van der Waals surface area contributed by atoms with Crippen LogP contribution >= 0.6 is 0 Å². The molecule has 2 N–H and O–H groups in total. The number of hydrogen-bond donors (Lipinski definition) is 2. The van der Waals surface area contributed by atoms with E-state index in [1.807, 2.05) is 25.1 Å². The summed E-state index contributed by atoms with van der Waals surface area (Å²) >= 11 is 0. The van der Waals surface area contributed by atoms with Crippen molar-refractivity contribution in [3.8, 4) is 11.3 Å². The van der Waals surface area contributed by atoms with E-state index in [0.29, 0.717) is 11.5 Å². The summed E-state index contributed by atoms with van der Waals surface area (Å²) in [6.45, 7) is 2.03. The molecule has 3 aromatic heterocycles. The Labute approximate surface area is 147 Å². The lowest BCUT2D eigenvalue weighted by Gasteiger charge is -2.07. The van der Waals surface area contributed by atoms with Gasteiger partial charge in [-0.3, -0.25) is 9.89 Å². The third-order valence-corrected chi connectivity index (χ3v) is 4.71. The molecule has 1 aromatic carbocycles. The number of hydrogen-bond acceptors (Lipinski definition) is 4. The van der Waals surface area contributed by atoms with Gasteiger partial charge >= 0.3 is 0 Å². The summed E-state index contributed by atoms with van der Waals surface area (Å²) in [5.74, 6) is -0.512. The van der Waals surface area contributed by atoms with Crippen molar-refractivity contribution < 1.29 is 9.18 Å². The van der Waals surface area contributed by atoms with Crippen LogP contribution in [0.1, 0.15) is 12.0 Å². The molecule has 2 unspecified atom stereocenters. The van der Waals surface area contributed by atoms with Crippen LogP contribution in [-0.4, -0.2) is 36.9 Å². The topological polar surface area (TPSA) is 88.0 Å². The maximum atomic E-state index is 13.0. The number of carbonyl (C=O) groups excluding carboxylic acids is 1. The molecule has 8 heteroatoms. The third kappa shape index (κ3) is 2.33. The van der Waals surface area contributed by atoms with E-state index in [2.05, 4.69) is 25.6 Å². The van der Waals surface area contributed by atoms with Crippen LogP contribution in [-0.2, 0) is 4.79 Å². The van der Waals surface area contributed by atoms with Crippen molar-refractivity contribution in [2.75, 3.05) is 5.32 Å². The lowest BCUT2D eigenvalue weighted by atomic mass is 10.0. The van der Waals surface area contributed by atoms with Gasteiger partial charge in [0, 0.05) is 23.2 Å². The second-order valence-electron chi connectivity index (χ2n) is 6.58. The predicted molar refractivity (Wildman–Crippen MR) is 94.4 cm³/mol. The van der Waals surface area contributed by atoms with Gasteiger partial charge in [-0.25, -0.2) is 13.9 Å². The minimum atomic E-state index is -1.03. The zero-order valence-corrected chi connectivity index (χ0v) is 13.9. The van der Waals surface area contributed by atoms with Crippen LogP contribution in [0.15, 0.2) is 36.7 Å². The number of rotatable bonds is 3. The largest absolute Gasteiger partial charge is 0.309 e. The predicted octanol–water partition coefficient (Wildman–Crippen LogP) is 2.88. The van der Waals surface area contributed by atoms with E-state index in [1.54, 1.807) is 23.0 Å². The molecule has 4 aromatic rings. The average Bonchev–Trinajstić information content (AvgIpc) is 3.02. The number of alkyl halides is 1. The van der Waals surface area contributed by atoms with Gasteiger partial charge < -0.3 is 5.32 Å².